The first-order valence-electron chi connectivity index (χ1n) is 9.35. The number of aromatic nitrogens is 4. The molecule has 30 heavy (non-hydrogen) atoms. The zero-order chi connectivity index (χ0) is 21.7. The summed E-state index contributed by atoms with van der Waals surface area (Å²) in [5.41, 5.74) is 0.824. The van der Waals surface area contributed by atoms with Crippen LogP contribution in [0.3, 0.4) is 0 Å². The number of amides is 2. The van der Waals surface area contributed by atoms with Gasteiger partial charge in [-0.1, -0.05) is 18.2 Å². The van der Waals surface area contributed by atoms with E-state index in [1.165, 1.54) is 28.6 Å². The third-order valence-electron chi connectivity index (χ3n) is 4.82. The number of carbonyl (C=O) groups is 2. The molecule has 12 heteroatoms. The number of nitrogens with zero attached hydrogens (tertiary/aromatic N) is 4. The molecule has 2 N–H and O–H groups in total. The Hall–Kier alpha value is -2.63. The molecule has 0 radical (unpaired) electrons. The van der Waals surface area contributed by atoms with Gasteiger partial charge >= 0.3 is 6.18 Å². The highest BCUT2D eigenvalue weighted by Crippen LogP contribution is 2.37. The largest absolute Gasteiger partial charge is 0.391 e. The van der Waals surface area contributed by atoms with Crippen molar-refractivity contribution in [1.82, 2.24) is 25.5 Å². The van der Waals surface area contributed by atoms with E-state index in [9.17, 15) is 22.8 Å². The summed E-state index contributed by atoms with van der Waals surface area (Å²) in [5, 5.41) is 16.8. The second-order valence-electron chi connectivity index (χ2n) is 7.07. The van der Waals surface area contributed by atoms with Crippen molar-refractivity contribution in [1.29, 1.82) is 0 Å². The Morgan fingerprint density at radius 1 is 1.23 bits per heavy atom. The van der Waals surface area contributed by atoms with Crippen LogP contribution in [0.4, 0.5) is 18.9 Å². The topological polar surface area (TPSA) is 102 Å². The van der Waals surface area contributed by atoms with E-state index >= 15 is 0 Å². The van der Waals surface area contributed by atoms with E-state index in [4.69, 9.17) is 0 Å². The average Bonchev–Trinajstić information content (AvgIpc) is 3.11. The second-order valence-corrected chi connectivity index (χ2v) is 8.02. The molecule has 0 bridgehead atoms. The lowest BCUT2D eigenvalue weighted by atomic mass is 9.85. The number of hydrogen-bond acceptors (Lipinski definition) is 6. The standard InChI is InChI=1S/C18H21F3N6O2S/c1-27-17(24-25-26-27)30-10-15(28)22-13-7-5-11(6-8-13)16(29)23-14-4-2-3-12(9-14)18(19,20)21/h5-8,12,14H,2-4,9-10H2,1H3,(H,22,28)(H,23,29). The Morgan fingerprint density at radius 3 is 2.60 bits per heavy atom. The molecule has 1 aliphatic carbocycles. The van der Waals surface area contributed by atoms with Crippen LogP contribution >= 0.6 is 11.8 Å². The van der Waals surface area contributed by atoms with Gasteiger partial charge < -0.3 is 10.6 Å². The van der Waals surface area contributed by atoms with E-state index in [1.807, 2.05) is 0 Å². The van der Waals surface area contributed by atoms with Crippen molar-refractivity contribution in [3.05, 3.63) is 29.8 Å². The molecule has 0 aliphatic heterocycles. The van der Waals surface area contributed by atoms with Crippen molar-refractivity contribution in [2.75, 3.05) is 11.1 Å². The van der Waals surface area contributed by atoms with Crippen molar-refractivity contribution < 1.29 is 22.8 Å². The highest BCUT2D eigenvalue weighted by Gasteiger charge is 2.42. The van der Waals surface area contributed by atoms with Gasteiger partial charge in [0, 0.05) is 24.3 Å². The third kappa shape index (κ3) is 5.94. The number of aryl methyl sites for hydroxylation is 1. The molecule has 0 saturated heterocycles. The minimum atomic E-state index is -4.23. The quantitative estimate of drug-likeness (QED) is 0.667. The van der Waals surface area contributed by atoms with Gasteiger partial charge in [-0.2, -0.15) is 13.2 Å². The highest BCUT2D eigenvalue weighted by molar-refractivity contribution is 7.99. The molecule has 1 aromatic heterocycles. The number of nitrogens with one attached hydrogen (secondary N) is 2. The van der Waals surface area contributed by atoms with Gasteiger partial charge in [0.2, 0.25) is 11.1 Å². The number of rotatable bonds is 6. The van der Waals surface area contributed by atoms with Crippen LogP contribution in [-0.2, 0) is 11.8 Å². The van der Waals surface area contributed by atoms with Crippen LogP contribution in [0.5, 0.6) is 0 Å². The zero-order valence-electron chi connectivity index (χ0n) is 16.1. The average molecular weight is 442 g/mol. The molecule has 2 aromatic rings. The first-order valence-corrected chi connectivity index (χ1v) is 10.3. The predicted octanol–water partition coefficient (Wildman–Crippen LogP) is 2.79. The molecule has 3 rings (SSSR count). The Labute approximate surface area is 175 Å². The normalized spacial score (nSPS) is 19.3. The molecule has 162 valence electrons. The zero-order valence-corrected chi connectivity index (χ0v) is 17.0. The van der Waals surface area contributed by atoms with Gasteiger partial charge in [-0.15, -0.1) is 5.10 Å². The first-order chi connectivity index (χ1) is 14.2. The molecule has 0 spiro atoms. The van der Waals surface area contributed by atoms with Crippen molar-refractivity contribution in [3.63, 3.8) is 0 Å². The molecular formula is C18H21F3N6O2S. The second kappa shape index (κ2) is 9.45. The minimum absolute atomic E-state index is 0.0952. The monoisotopic (exact) mass is 442 g/mol. The summed E-state index contributed by atoms with van der Waals surface area (Å²) in [6.07, 6.45) is -3.25. The number of benzene rings is 1. The summed E-state index contributed by atoms with van der Waals surface area (Å²) in [6, 6.07) is 5.69. The molecule has 1 aliphatic rings. The summed E-state index contributed by atoms with van der Waals surface area (Å²) in [4.78, 5) is 24.4. The summed E-state index contributed by atoms with van der Waals surface area (Å²) in [6.45, 7) is 0. The molecule has 1 fully saturated rings. The summed E-state index contributed by atoms with van der Waals surface area (Å²) >= 11 is 1.18. The molecule has 1 aromatic carbocycles. The molecule has 8 nitrogen and oxygen atoms in total. The van der Waals surface area contributed by atoms with Gasteiger partial charge in [-0.3, -0.25) is 9.59 Å². The molecule has 2 unspecified atom stereocenters. The lowest BCUT2D eigenvalue weighted by Crippen LogP contribution is -2.41. The van der Waals surface area contributed by atoms with Crippen LogP contribution in [0, 0.1) is 5.92 Å². The number of halogens is 3. The van der Waals surface area contributed by atoms with Gasteiger partial charge in [-0.05, 0) is 54.0 Å². The smallest absolute Gasteiger partial charge is 0.349 e. The Morgan fingerprint density at radius 2 is 1.97 bits per heavy atom. The minimum Gasteiger partial charge on any atom is -0.349 e. The molecule has 2 atom stereocenters. The van der Waals surface area contributed by atoms with Crippen molar-refractivity contribution in [2.24, 2.45) is 13.0 Å². The van der Waals surface area contributed by atoms with E-state index in [1.54, 1.807) is 19.2 Å². The van der Waals surface area contributed by atoms with Crippen molar-refractivity contribution in [2.45, 2.75) is 43.1 Å². The van der Waals surface area contributed by atoms with Gasteiger partial charge in [0.25, 0.3) is 5.91 Å². The predicted molar refractivity (Wildman–Crippen MR) is 104 cm³/mol. The highest BCUT2D eigenvalue weighted by atomic mass is 32.2. The lowest BCUT2D eigenvalue weighted by molar-refractivity contribution is -0.183. The number of hydrogen-bond donors (Lipinski definition) is 2. The van der Waals surface area contributed by atoms with E-state index in [0.29, 0.717) is 29.2 Å². The molecule has 1 saturated carbocycles. The van der Waals surface area contributed by atoms with Crippen LogP contribution in [0.25, 0.3) is 0 Å². The summed E-state index contributed by atoms with van der Waals surface area (Å²) < 4.78 is 40.2. The van der Waals surface area contributed by atoms with Crippen LogP contribution in [0.15, 0.2) is 29.4 Å². The van der Waals surface area contributed by atoms with Crippen LogP contribution in [-0.4, -0.2) is 50.0 Å². The van der Waals surface area contributed by atoms with Crippen LogP contribution in [0.2, 0.25) is 0 Å². The van der Waals surface area contributed by atoms with Crippen molar-refractivity contribution >= 4 is 29.3 Å². The van der Waals surface area contributed by atoms with Crippen molar-refractivity contribution in [3.8, 4) is 0 Å². The Balaban J connectivity index is 1.49. The maximum absolute atomic E-state index is 12.9. The van der Waals surface area contributed by atoms with E-state index in [-0.39, 0.29) is 24.5 Å². The third-order valence-corrected chi connectivity index (χ3v) is 5.83. The Kier molecular flexibility index (Phi) is 6.95. The maximum atomic E-state index is 12.9. The van der Waals surface area contributed by atoms with Crippen LogP contribution < -0.4 is 10.6 Å². The van der Waals surface area contributed by atoms with Crippen LogP contribution in [0.1, 0.15) is 36.0 Å². The van der Waals surface area contributed by atoms with Gasteiger partial charge in [0.1, 0.15) is 0 Å². The number of tetrazole rings is 1. The fourth-order valence-electron chi connectivity index (χ4n) is 3.26. The molecular weight excluding hydrogens is 421 g/mol. The molecule has 1 heterocycles. The summed E-state index contributed by atoms with van der Waals surface area (Å²) in [7, 11) is 1.67. The fourth-order valence-corrected chi connectivity index (χ4v) is 3.91. The van der Waals surface area contributed by atoms with Gasteiger partial charge in [-0.25, -0.2) is 4.68 Å². The maximum Gasteiger partial charge on any atom is 0.391 e. The van der Waals surface area contributed by atoms with Gasteiger partial charge in [0.05, 0.1) is 11.7 Å². The number of carbonyl (C=O) groups excluding carboxylic acids is 2. The van der Waals surface area contributed by atoms with E-state index < -0.39 is 24.0 Å². The first kappa shape index (κ1) is 22.1. The number of thioether (sulfide) groups is 1. The van der Waals surface area contributed by atoms with E-state index in [2.05, 4.69) is 26.2 Å². The summed E-state index contributed by atoms with van der Waals surface area (Å²) in [5.74, 6) is -1.95. The SMILES string of the molecule is Cn1nnnc1SCC(=O)Nc1ccc(C(=O)NC2CCCC(C(F)(F)F)C2)cc1. The van der Waals surface area contributed by atoms with E-state index in [0.717, 1.165) is 0 Å². The Bertz CT molecular complexity index is 887. The number of alkyl halides is 3. The fraction of sp³-hybridized carbons (Fsp3) is 0.500. The van der Waals surface area contributed by atoms with Gasteiger partial charge in [0.15, 0.2) is 0 Å². The number of anilines is 1. The lowest BCUT2D eigenvalue weighted by Gasteiger charge is -2.31. The molecule has 2 amide bonds.